The fraction of sp³-hybridized carbons (Fsp3) is 0.933. The summed E-state index contributed by atoms with van der Waals surface area (Å²) < 4.78 is 0. The zero-order valence-electron chi connectivity index (χ0n) is 12.3. The van der Waals surface area contributed by atoms with E-state index < -0.39 is 0 Å². The van der Waals surface area contributed by atoms with Gasteiger partial charge in [0.1, 0.15) is 0 Å². The first-order valence-corrected chi connectivity index (χ1v) is 7.65. The van der Waals surface area contributed by atoms with E-state index in [0.29, 0.717) is 6.04 Å². The number of carbonyl (C=O) groups excluding carboxylic acids is 1. The average Bonchev–Trinajstić information content (AvgIpc) is 2.29. The average molecular weight is 254 g/mol. The van der Waals surface area contributed by atoms with Crippen LogP contribution in [-0.4, -0.2) is 18.1 Å². The Morgan fingerprint density at radius 2 is 1.78 bits per heavy atom. The highest BCUT2D eigenvalue weighted by atomic mass is 16.2. The summed E-state index contributed by atoms with van der Waals surface area (Å²) in [5, 5.41) is 6.15. The molecule has 1 atom stereocenters. The summed E-state index contributed by atoms with van der Waals surface area (Å²) in [5.41, 5.74) is 0. The van der Waals surface area contributed by atoms with Crippen LogP contribution in [0.1, 0.15) is 72.1 Å². The topological polar surface area (TPSA) is 41.1 Å². The van der Waals surface area contributed by atoms with Crippen molar-refractivity contribution in [2.45, 2.75) is 84.2 Å². The molecule has 3 nitrogen and oxygen atoms in total. The van der Waals surface area contributed by atoms with Crippen molar-refractivity contribution in [2.75, 3.05) is 0 Å². The van der Waals surface area contributed by atoms with E-state index in [1.165, 1.54) is 32.1 Å². The van der Waals surface area contributed by atoms with Crippen LogP contribution in [0.3, 0.4) is 0 Å². The minimum atomic E-state index is 0.0268. The predicted molar refractivity (Wildman–Crippen MR) is 76.7 cm³/mol. The molecule has 106 valence electrons. The number of nitrogens with one attached hydrogen (secondary N) is 2. The van der Waals surface area contributed by atoms with Crippen molar-refractivity contribution >= 4 is 6.03 Å². The van der Waals surface area contributed by atoms with Gasteiger partial charge in [-0.3, -0.25) is 0 Å². The van der Waals surface area contributed by atoms with E-state index in [1.54, 1.807) is 0 Å². The molecule has 0 radical (unpaired) electrons. The molecule has 2 N–H and O–H groups in total. The zero-order chi connectivity index (χ0) is 13.4. The van der Waals surface area contributed by atoms with E-state index in [-0.39, 0.29) is 12.1 Å². The van der Waals surface area contributed by atoms with E-state index in [4.69, 9.17) is 0 Å². The molecule has 0 saturated heterocycles. The molecule has 1 aliphatic carbocycles. The Kier molecular flexibility index (Phi) is 7.14. The third-order valence-corrected chi connectivity index (χ3v) is 3.74. The largest absolute Gasteiger partial charge is 0.336 e. The second-order valence-electron chi connectivity index (χ2n) is 6.18. The fourth-order valence-corrected chi connectivity index (χ4v) is 2.60. The van der Waals surface area contributed by atoms with Crippen LogP contribution in [0.15, 0.2) is 0 Å². The molecule has 18 heavy (non-hydrogen) atoms. The van der Waals surface area contributed by atoms with Crippen molar-refractivity contribution in [2.24, 2.45) is 5.92 Å². The lowest BCUT2D eigenvalue weighted by atomic mass is 9.96. The molecule has 0 aliphatic heterocycles. The van der Waals surface area contributed by atoms with Crippen LogP contribution in [0.4, 0.5) is 4.79 Å². The molecule has 1 saturated carbocycles. The highest BCUT2D eigenvalue weighted by molar-refractivity contribution is 5.74. The maximum absolute atomic E-state index is 11.8. The molecule has 1 fully saturated rings. The van der Waals surface area contributed by atoms with Gasteiger partial charge in [0.05, 0.1) is 0 Å². The van der Waals surface area contributed by atoms with E-state index >= 15 is 0 Å². The van der Waals surface area contributed by atoms with E-state index in [0.717, 1.165) is 25.2 Å². The summed E-state index contributed by atoms with van der Waals surface area (Å²) in [4.78, 5) is 11.8. The minimum absolute atomic E-state index is 0.0268. The maximum atomic E-state index is 11.8. The van der Waals surface area contributed by atoms with Gasteiger partial charge in [0.2, 0.25) is 0 Å². The van der Waals surface area contributed by atoms with Gasteiger partial charge in [0.15, 0.2) is 0 Å². The van der Waals surface area contributed by atoms with Crippen molar-refractivity contribution in [1.82, 2.24) is 10.6 Å². The Balaban J connectivity index is 2.10. The summed E-state index contributed by atoms with van der Waals surface area (Å²) in [6.45, 7) is 6.59. The second-order valence-corrected chi connectivity index (χ2v) is 6.18. The highest BCUT2D eigenvalue weighted by Crippen LogP contribution is 2.17. The third kappa shape index (κ3) is 6.87. The van der Waals surface area contributed by atoms with Crippen LogP contribution in [0.25, 0.3) is 0 Å². The fourth-order valence-electron chi connectivity index (χ4n) is 2.60. The van der Waals surface area contributed by atoms with Crippen molar-refractivity contribution in [3.05, 3.63) is 0 Å². The molecular weight excluding hydrogens is 224 g/mol. The van der Waals surface area contributed by atoms with Crippen LogP contribution >= 0.6 is 0 Å². The van der Waals surface area contributed by atoms with E-state index in [9.17, 15) is 4.79 Å². The lowest BCUT2D eigenvalue weighted by Gasteiger charge is -2.24. The molecule has 0 heterocycles. The summed E-state index contributed by atoms with van der Waals surface area (Å²) in [5.74, 6) is 0.758. The number of carbonyl (C=O) groups is 1. The van der Waals surface area contributed by atoms with Crippen molar-refractivity contribution < 1.29 is 4.79 Å². The predicted octanol–water partition coefficient (Wildman–Crippen LogP) is 3.83. The molecule has 0 aromatic heterocycles. The first-order valence-electron chi connectivity index (χ1n) is 7.65. The van der Waals surface area contributed by atoms with Crippen molar-refractivity contribution in [1.29, 1.82) is 0 Å². The molecule has 0 aromatic rings. The highest BCUT2D eigenvalue weighted by Gasteiger charge is 2.16. The molecule has 1 rings (SSSR count). The normalized spacial score (nSPS) is 18.7. The molecule has 1 aliphatic rings. The van der Waals surface area contributed by atoms with Gasteiger partial charge in [-0.25, -0.2) is 4.79 Å². The standard InChI is InChI=1S/C15H30N2O/c1-12(2)8-7-9-13(3)16-15(18)17-14-10-5-4-6-11-14/h12-14H,4-11H2,1-3H3,(H2,16,17,18). The Morgan fingerprint density at radius 3 is 2.39 bits per heavy atom. The molecule has 0 bridgehead atoms. The van der Waals surface area contributed by atoms with Crippen molar-refractivity contribution in [3.63, 3.8) is 0 Å². The SMILES string of the molecule is CC(C)CCCC(C)NC(=O)NC1CCCCC1. The maximum Gasteiger partial charge on any atom is 0.315 e. The first kappa shape index (κ1) is 15.3. The lowest BCUT2D eigenvalue weighted by molar-refractivity contribution is 0.228. The Bertz CT molecular complexity index is 235. The van der Waals surface area contributed by atoms with Crippen LogP contribution in [0.2, 0.25) is 0 Å². The quantitative estimate of drug-likeness (QED) is 0.743. The van der Waals surface area contributed by atoms with E-state index in [1.807, 2.05) is 0 Å². The van der Waals surface area contributed by atoms with Gasteiger partial charge in [0, 0.05) is 12.1 Å². The molecule has 1 unspecified atom stereocenters. The molecule has 0 aromatic carbocycles. The smallest absolute Gasteiger partial charge is 0.315 e. The van der Waals surface area contributed by atoms with Crippen molar-refractivity contribution in [3.8, 4) is 0 Å². The monoisotopic (exact) mass is 254 g/mol. The van der Waals surface area contributed by atoms with Gasteiger partial charge in [-0.2, -0.15) is 0 Å². The van der Waals surface area contributed by atoms with Crippen LogP contribution in [0, 0.1) is 5.92 Å². The number of amides is 2. The van der Waals surface area contributed by atoms with E-state index in [2.05, 4.69) is 31.4 Å². The number of urea groups is 1. The number of rotatable bonds is 6. The van der Waals surface area contributed by atoms with Crippen LogP contribution in [-0.2, 0) is 0 Å². The summed E-state index contributed by atoms with van der Waals surface area (Å²) >= 11 is 0. The first-order chi connectivity index (χ1) is 8.58. The Hall–Kier alpha value is -0.730. The van der Waals surface area contributed by atoms with Gasteiger partial charge in [-0.15, -0.1) is 0 Å². The molecule has 2 amide bonds. The summed E-state index contributed by atoms with van der Waals surface area (Å²) in [7, 11) is 0. The summed E-state index contributed by atoms with van der Waals surface area (Å²) in [6.07, 6.45) is 9.66. The van der Waals surface area contributed by atoms with Gasteiger partial charge in [-0.05, 0) is 32.1 Å². The van der Waals surface area contributed by atoms with Crippen LogP contribution < -0.4 is 10.6 Å². The van der Waals surface area contributed by atoms with Gasteiger partial charge in [0.25, 0.3) is 0 Å². The summed E-state index contributed by atoms with van der Waals surface area (Å²) in [6, 6.07) is 0.716. The Labute approximate surface area is 112 Å². The van der Waals surface area contributed by atoms with Gasteiger partial charge < -0.3 is 10.6 Å². The lowest BCUT2D eigenvalue weighted by Crippen LogP contribution is -2.46. The number of hydrogen-bond acceptors (Lipinski definition) is 1. The molecule has 3 heteroatoms. The molecular formula is C15H30N2O. The third-order valence-electron chi connectivity index (χ3n) is 3.74. The minimum Gasteiger partial charge on any atom is -0.336 e. The van der Waals surface area contributed by atoms with Crippen LogP contribution in [0.5, 0.6) is 0 Å². The zero-order valence-corrected chi connectivity index (χ0v) is 12.3. The molecule has 0 spiro atoms. The Morgan fingerprint density at radius 1 is 1.11 bits per heavy atom. The number of hydrogen-bond donors (Lipinski definition) is 2. The van der Waals surface area contributed by atoms with Gasteiger partial charge in [-0.1, -0.05) is 46.0 Å². The second kappa shape index (κ2) is 8.39. The van der Waals surface area contributed by atoms with Gasteiger partial charge >= 0.3 is 6.03 Å².